The average Bonchev–Trinajstić information content (AvgIpc) is 2.76. The molecular weight excluding hydrogens is 452 g/mol. The van der Waals surface area contributed by atoms with Gasteiger partial charge in [0, 0.05) is 47.7 Å². The number of rotatable bonds is 6. The van der Waals surface area contributed by atoms with E-state index in [1.807, 2.05) is 0 Å². The first-order valence-corrected chi connectivity index (χ1v) is 10.8. The molecule has 32 heavy (non-hydrogen) atoms. The van der Waals surface area contributed by atoms with Gasteiger partial charge in [-0.25, -0.2) is 0 Å². The van der Waals surface area contributed by atoms with Crippen molar-refractivity contribution in [1.82, 2.24) is 10.6 Å². The van der Waals surface area contributed by atoms with Crippen molar-refractivity contribution in [2.24, 2.45) is 0 Å². The molecule has 0 aliphatic heterocycles. The summed E-state index contributed by atoms with van der Waals surface area (Å²) in [6.07, 6.45) is 3.91. The second kappa shape index (κ2) is 10.8. The molecule has 0 unspecified atom stereocenters. The van der Waals surface area contributed by atoms with Crippen LogP contribution in [0.4, 0.5) is 22.7 Å². The molecule has 1 aliphatic carbocycles. The van der Waals surface area contributed by atoms with Gasteiger partial charge >= 0.3 is 0 Å². The number of nitrogens with zero attached hydrogens (tertiary/aromatic N) is 2. The lowest BCUT2D eigenvalue weighted by Gasteiger charge is -2.34. The van der Waals surface area contributed by atoms with Crippen molar-refractivity contribution in [2.45, 2.75) is 37.8 Å². The second-order valence-corrected chi connectivity index (χ2v) is 8.12. The standard InChI is InChI=1S/C20H22N6O4S2/c27-25(28)15-9-5-13(6-10-15)21-19(31)23-17-3-1-2-4-18(17)24-20(32)22-14-7-11-16(12-8-14)26(29)30/h5-12,17-18H,1-4H2,(H2,21,23,31)(H2,22,24,32)/t17-,18-/m1/s1. The van der Waals surface area contributed by atoms with Gasteiger partial charge in [-0.15, -0.1) is 0 Å². The van der Waals surface area contributed by atoms with E-state index < -0.39 is 9.85 Å². The van der Waals surface area contributed by atoms with Gasteiger partial charge in [-0.2, -0.15) is 0 Å². The highest BCUT2D eigenvalue weighted by Crippen LogP contribution is 2.21. The van der Waals surface area contributed by atoms with Crippen LogP contribution >= 0.6 is 24.4 Å². The van der Waals surface area contributed by atoms with Gasteiger partial charge in [0.05, 0.1) is 9.85 Å². The zero-order chi connectivity index (χ0) is 23.1. The second-order valence-electron chi connectivity index (χ2n) is 7.30. The number of nitro benzene ring substituents is 2. The van der Waals surface area contributed by atoms with E-state index in [9.17, 15) is 20.2 Å². The third-order valence-electron chi connectivity index (χ3n) is 5.07. The van der Waals surface area contributed by atoms with Gasteiger partial charge in [0.15, 0.2) is 10.2 Å². The van der Waals surface area contributed by atoms with E-state index in [2.05, 4.69) is 21.3 Å². The highest BCUT2D eigenvalue weighted by Gasteiger charge is 2.26. The number of hydrogen-bond donors (Lipinski definition) is 4. The minimum atomic E-state index is -0.452. The Morgan fingerprint density at radius 3 is 1.38 bits per heavy atom. The van der Waals surface area contributed by atoms with Crippen molar-refractivity contribution in [1.29, 1.82) is 0 Å². The van der Waals surface area contributed by atoms with E-state index in [0.717, 1.165) is 25.7 Å². The summed E-state index contributed by atoms with van der Waals surface area (Å²) in [6, 6.07) is 12.2. The Kier molecular flexibility index (Phi) is 7.84. The number of nitro groups is 2. The number of hydrogen-bond acceptors (Lipinski definition) is 6. The summed E-state index contributed by atoms with van der Waals surface area (Å²) in [5.74, 6) is 0. The Morgan fingerprint density at radius 2 is 1.06 bits per heavy atom. The quantitative estimate of drug-likeness (QED) is 0.275. The maximum atomic E-state index is 10.8. The van der Waals surface area contributed by atoms with Crippen molar-refractivity contribution >= 4 is 57.4 Å². The first-order valence-electron chi connectivity index (χ1n) is 9.96. The third kappa shape index (κ3) is 6.56. The van der Waals surface area contributed by atoms with Crippen molar-refractivity contribution in [3.63, 3.8) is 0 Å². The first-order chi connectivity index (χ1) is 15.3. The number of thiocarbonyl (C=S) groups is 2. The fraction of sp³-hybridized carbons (Fsp3) is 0.300. The van der Waals surface area contributed by atoms with Gasteiger partial charge in [-0.05, 0) is 61.5 Å². The van der Waals surface area contributed by atoms with Gasteiger partial charge in [0.25, 0.3) is 11.4 Å². The molecule has 0 aromatic heterocycles. The average molecular weight is 475 g/mol. The van der Waals surface area contributed by atoms with Gasteiger partial charge in [-0.3, -0.25) is 20.2 Å². The summed E-state index contributed by atoms with van der Waals surface area (Å²) in [5, 5.41) is 35.1. The lowest BCUT2D eigenvalue weighted by molar-refractivity contribution is -0.385. The SMILES string of the molecule is O=[N+]([O-])c1ccc(NC(=S)N[C@@H]2CCCC[C@H]2NC(=S)Nc2ccc([N+](=O)[O-])cc2)cc1. The number of anilines is 2. The van der Waals surface area contributed by atoms with Crippen LogP contribution in [0.5, 0.6) is 0 Å². The fourth-order valence-electron chi connectivity index (χ4n) is 3.48. The highest BCUT2D eigenvalue weighted by atomic mass is 32.1. The molecule has 10 nitrogen and oxygen atoms in total. The van der Waals surface area contributed by atoms with Gasteiger partial charge in [-0.1, -0.05) is 12.8 Å². The molecule has 2 aromatic rings. The van der Waals surface area contributed by atoms with E-state index in [1.54, 1.807) is 24.3 Å². The Bertz CT molecular complexity index is 919. The molecule has 1 fully saturated rings. The molecule has 0 radical (unpaired) electrons. The fourth-order valence-corrected chi connectivity index (χ4v) is 4.02. The minimum Gasteiger partial charge on any atom is -0.358 e. The number of non-ortho nitro benzene ring substituents is 2. The van der Waals surface area contributed by atoms with Gasteiger partial charge < -0.3 is 21.3 Å². The van der Waals surface area contributed by atoms with E-state index in [0.29, 0.717) is 21.6 Å². The van der Waals surface area contributed by atoms with Crippen LogP contribution < -0.4 is 21.3 Å². The van der Waals surface area contributed by atoms with E-state index in [-0.39, 0.29) is 23.5 Å². The van der Waals surface area contributed by atoms with Crippen LogP contribution in [0.2, 0.25) is 0 Å². The summed E-state index contributed by atoms with van der Waals surface area (Å²) in [6.45, 7) is 0. The lowest BCUT2D eigenvalue weighted by atomic mass is 9.90. The maximum Gasteiger partial charge on any atom is 0.269 e. The van der Waals surface area contributed by atoms with Crippen LogP contribution in [0, 0.1) is 20.2 Å². The minimum absolute atomic E-state index is 0.0139. The van der Waals surface area contributed by atoms with Crippen LogP contribution in [0.3, 0.4) is 0 Å². The molecule has 0 spiro atoms. The summed E-state index contributed by atoms with van der Waals surface area (Å²) < 4.78 is 0. The monoisotopic (exact) mass is 474 g/mol. The Morgan fingerprint density at radius 1 is 0.719 bits per heavy atom. The molecule has 168 valence electrons. The predicted octanol–water partition coefficient (Wildman–Crippen LogP) is 4.09. The molecule has 1 saturated carbocycles. The summed E-state index contributed by atoms with van der Waals surface area (Å²) in [5.41, 5.74) is 1.34. The number of nitrogens with one attached hydrogen (secondary N) is 4. The molecule has 0 saturated heterocycles. The molecular formula is C20H22N6O4S2. The number of benzene rings is 2. The molecule has 0 amide bonds. The molecule has 0 heterocycles. The Balaban J connectivity index is 1.54. The predicted molar refractivity (Wildman–Crippen MR) is 131 cm³/mol. The molecule has 3 rings (SSSR count). The molecule has 2 atom stereocenters. The first kappa shape index (κ1) is 23.3. The third-order valence-corrected chi connectivity index (χ3v) is 5.51. The molecule has 2 aromatic carbocycles. The van der Waals surface area contributed by atoms with Crippen LogP contribution in [-0.4, -0.2) is 32.2 Å². The van der Waals surface area contributed by atoms with Gasteiger partial charge in [0.2, 0.25) is 0 Å². The molecule has 1 aliphatic rings. The Labute approximate surface area is 195 Å². The van der Waals surface area contributed by atoms with Crippen LogP contribution in [-0.2, 0) is 0 Å². The van der Waals surface area contributed by atoms with Crippen molar-refractivity contribution < 1.29 is 9.85 Å². The van der Waals surface area contributed by atoms with Crippen LogP contribution in [0.15, 0.2) is 48.5 Å². The maximum absolute atomic E-state index is 10.8. The highest BCUT2D eigenvalue weighted by molar-refractivity contribution is 7.80. The van der Waals surface area contributed by atoms with Gasteiger partial charge in [0.1, 0.15) is 0 Å². The topological polar surface area (TPSA) is 134 Å². The van der Waals surface area contributed by atoms with Crippen LogP contribution in [0.25, 0.3) is 0 Å². The molecule has 0 bridgehead atoms. The van der Waals surface area contributed by atoms with Crippen molar-refractivity contribution in [2.75, 3.05) is 10.6 Å². The molecule has 12 heteroatoms. The largest absolute Gasteiger partial charge is 0.358 e. The Hall–Kier alpha value is -3.38. The zero-order valence-corrected chi connectivity index (χ0v) is 18.6. The smallest absolute Gasteiger partial charge is 0.269 e. The van der Waals surface area contributed by atoms with Crippen LogP contribution in [0.1, 0.15) is 25.7 Å². The van der Waals surface area contributed by atoms with Crippen molar-refractivity contribution in [3.05, 3.63) is 68.8 Å². The normalized spacial score (nSPS) is 17.6. The molecule has 4 N–H and O–H groups in total. The van der Waals surface area contributed by atoms with E-state index >= 15 is 0 Å². The summed E-state index contributed by atoms with van der Waals surface area (Å²) in [4.78, 5) is 20.6. The summed E-state index contributed by atoms with van der Waals surface area (Å²) >= 11 is 10.8. The van der Waals surface area contributed by atoms with Crippen molar-refractivity contribution in [3.8, 4) is 0 Å². The van der Waals surface area contributed by atoms with E-state index in [1.165, 1.54) is 24.3 Å². The summed E-state index contributed by atoms with van der Waals surface area (Å²) in [7, 11) is 0. The lowest BCUT2D eigenvalue weighted by Crippen LogP contribution is -2.54. The zero-order valence-electron chi connectivity index (χ0n) is 16.9. The van der Waals surface area contributed by atoms with E-state index in [4.69, 9.17) is 24.4 Å².